The maximum Gasteiger partial charge on any atom is 0.249 e. The van der Waals surface area contributed by atoms with Crippen molar-refractivity contribution in [2.75, 3.05) is 4.90 Å². The second-order valence-electron chi connectivity index (χ2n) is 3.59. The molecule has 1 aliphatic heterocycles. The molecule has 6 heteroatoms. The second-order valence-corrected chi connectivity index (χ2v) is 3.98. The number of para-hydroxylation sites is 1. The monoisotopic (exact) mass is 249 g/mol. The maximum absolute atomic E-state index is 11.6. The smallest absolute Gasteiger partial charge is 0.249 e. The summed E-state index contributed by atoms with van der Waals surface area (Å²) in [5, 5.41) is 13.3. The van der Waals surface area contributed by atoms with E-state index in [4.69, 9.17) is 12.2 Å². The minimum Gasteiger partial charge on any atom is -0.550 e. The summed E-state index contributed by atoms with van der Waals surface area (Å²) in [5.74, 6) is -1.70. The van der Waals surface area contributed by atoms with Crippen molar-refractivity contribution in [3.63, 3.8) is 0 Å². The molecule has 0 unspecified atom stereocenters. The highest BCUT2D eigenvalue weighted by Crippen LogP contribution is 2.22. The van der Waals surface area contributed by atoms with Crippen LogP contribution >= 0.6 is 12.2 Å². The number of carboxylic acids is 1. The van der Waals surface area contributed by atoms with Gasteiger partial charge in [-0.3, -0.25) is 4.79 Å². The van der Waals surface area contributed by atoms with Gasteiger partial charge in [-0.2, -0.15) is 0 Å². The Morgan fingerprint density at radius 2 is 2.06 bits per heavy atom. The molecule has 2 rings (SSSR count). The topological polar surface area (TPSA) is 72.5 Å². The van der Waals surface area contributed by atoms with Crippen LogP contribution < -0.4 is 15.3 Å². The van der Waals surface area contributed by atoms with Gasteiger partial charge in [0.25, 0.3) is 0 Å². The van der Waals surface area contributed by atoms with Gasteiger partial charge in [0.15, 0.2) is 5.11 Å². The molecule has 1 fully saturated rings. The Kier molecular flexibility index (Phi) is 3.06. The Labute approximate surface area is 103 Å². The Morgan fingerprint density at radius 1 is 1.41 bits per heavy atom. The molecule has 1 amide bonds. The minimum absolute atomic E-state index is 0.215. The van der Waals surface area contributed by atoms with Gasteiger partial charge in [0, 0.05) is 18.1 Å². The van der Waals surface area contributed by atoms with Gasteiger partial charge in [0.05, 0.1) is 0 Å². The Hall–Kier alpha value is -1.95. The second kappa shape index (κ2) is 4.50. The predicted molar refractivity (Wildman–Crippen MR) is 63.1 cm³/mol. The first kappa shape index (κ1) is 11.5. The third-order valence-electron chi connectivity index (χ3n) is 2.46. The Balaban J connectivity index is 2.32. The summed E-state index contributed by atoms with van der Waals surface area (Å²) in [5.41, 5.74) is 0.683. The van der Waals surface area contributed by atoms with Crippen molar-refractivity contribution in [1.29, 1.82) is 0 Å². The number of nitrogens with one attached hydrogen (secondary N) is 1. The molecule has 1 atom stereocenters. The van der Waals surface area contributed by atoms with Crippen molar-refractivity contribution < 1.29 is 14.7 Å². The molecule has 1 aromatic carbocycles. The molecular weight excluding hydrogens is 240 g/mol. The molecule has 1 aliphatic rings. The highest BCUT2D eigenvalue weighted by molar-refractivity contribution is 7.80. The molecule has 1 saturated heterocycles. The fourth-order valence-corrected chi connectivity index (χ4v) is 2.07. The lowest BCUT2D eigenvalue weighted by Gasteiger charge is -2.23. The molecule has 1 heterocycles. The molecule has 0 spiro atoms. The first-order valence-corrected chi connectivity index (χ1v) is 5.39. The minimum atomic E-state index is -1.28. The van der Waals surface area contributed by atoms with E-state index in [9.17, 15) is 14.7 Å². The summed E-state index contributed by atoms with van der Waals surface area (Å²) in [4.78, 5) is 23.7. The van der Waals surface area contributed by atoms with Crippen molar-refractivity contribution in [3.05, 3.63) is 30.3 Å². The molecule has 1 aromatic rings. The molecule has 88 valence electrons. The Bertz CT molecular complexity index is 475. The molecular formula is C11H9N2O3S-. The van der Waals surface area contributed by atoms with E-state index in [1.165, 1.54) is 4.90 Å². The van der Waals surface area contributed by atoms with Crippen LogP contribution in [0.15, 0.2) is 30.3 Å². The van der Waals surface area contributed by atoms with Crippen LogP contribution in [0, 0.1) is 0 Å². The van der Waals surface area contributed by atoms with E-state index < -0.39 is 17.9 Å². The lowest BCUT2D eigenvalue weighted by atomic mass is 10.1. The van der Waals surface area contributed by atoms with E-state index in [0.717, 1.165) is 0 Å². The van der Waals surface area contributed by atoms with Gasteiger partial charge in [-0.1, -0.05) is 18.2 Å². The van der Waals surface area contributed by atoms with Gasteiger partial charge in [0.2, 0.25) is 5.91 Å². The lowest BCUT2D eigenvalue weighted by molar-refractivity contribution is -0.305. The number of amides is 1. The van der Waals surface area contributed by atoms with Crippen LogP contribution in [0.4, 0.5) is 5.69 Å². The summed E-state index contributed by atoms with van der Waals surface area (Å²) in [6.07, 6.45) is -0.388. The zero-order valence-corrected chi connectivity index (χ0v) is 9.57. The number of carbonyl (C=O) groups is 2. The number of carboxylic acid groups (broad SMARTS) is 1. The fraction of sp³-hybridized carbons (Fsp3) is 0.182. The normalized spacial score (nSPS) is 19.3. The molecule has 1 N–H and O–H groups in total. The summed E-state index contributed by atoms with van der Waals surface area (Å²) in [7, 11) is 0. The van der Waals surface area contributed by atoms with Gasteiger partial charge >= 0.3 is 0 Å². The van der Waals surface area contributed by atoms with E-state index in [2.05, 4.69) is 5.32 Å². The van der Waals surface area contributed by atoms with Crippen LogP contribution in [0.1, 0.15) is 6.42 Å². The zero-order chi connectivity index (χ0) is 12.4. The van der Waals surface area contributed by atoms with Gasteiger partial charge in [0.1, 0.15) is 6.04 Å². The van der Waals surface area contributed by atoms with E-state index >= 15 is 0 Å². The van der Waals surface area contributed by atoms with Crippen molar-refractivity contribution in [2.24, 2.45) is 0 Å². The molecule has 0 aliphatic carbocycles. The molecule has 0 saturated carbocycles. The maximum atomic E-state index is 11.6. The van der Waals surface area contributed by atoms with Gasteiger partial charge in [-0.15, -0.1) is 0 Å². The fourth-order valence-electron chi connectivity index (χ4n) is 1.74. The molecule has 0 aromatic heterocycles. The van der Waals surface area contributed by atoms with Gasteiger partial charge < -0.3 is 20.1 Å². The lowest BCUT2D eigenvalue weighted by Crippen LogP contribution is -2.40. The highest BCUT2D eigenvalue weighted by Gasteiger charge is 2.36. The summed E-state index contributed by atoms with van der Waals surface area (Å²) in [6, 6.07) is 8.08. The first-order chi connectivity index (χ1) is 8.09. The predicted octanol–water partition coefficient (Wildman–Crippen LogP) is -0.584. The average molecular weight is 249 g/mol. The third kappa shape index (κ3) is 2.26. The third-order valence-corrected chi connectivity index (χ3v) is 2.76. The molecule has 17 heavy (non-hydrogen) atoms. The van der Waals surface area contributed by atoms with Crippen LogP contribution in [0.3, 0.4) is 0 Å². The van der Waals surface area contributed by atoms with E-state index in [1.807, 2.05) is 6.07 Å². The van der Waals surface area contributed by atoms with Crippen LogP contribution in [0.25, 0.3) is 0 Å². The number of thiocarbonyl (C=S) groups is 1. The van der Waals surface area contributed by atoms with Crippen LogP contribution in [-0.2, 0) is 9.59 Å². The number of hydrogen-bond acceptors (Lipinski definition) is 4. The molecule has 0 bridgehead atoms. The average Bonchev–Trinajstić information content (AvgIpc) is 2.54. The first-order valence-electron chi connectivity index (χ1n) is 4.98. The van der Waals surface area contributed by atoms with Gasteiger partial charge in [-0.05, 0) is 24.4 Å². The largest absolute Gasteiger partial charge is 0.550 e. The number of aliphatic carboxylic acids is 1. The van der Waals surface area contributed by atoms with Crippen LogP contribution in [0.5, 0.6) is 0 Å². The summed E-state index contributed by atoms with van der Waals surface area (Å²) < 4.78 is 0. The van der Waals surface area contributed by atoms with Crippen LogP contribution in [-0.4, -0.2) is 23.0 Å². The van der Waals surface area contributed by atoms with Crippen molar-refractivity contribution >= 4 is 34.9 Å². The summed E-state index contributed by atoms with van der Waals surface area (Å²) in [6.45, 7) is 0. The van der Waals surface area contributed by atoms with E-state index in [-0.39, 0.29) is 11.5 Å². The standard InChI is InChI=1S/C11H10N2O3S/c14-9(15)6-8-10(16)12-11(17)13(8)7-4-2-1-3-5-7/h1-5,8H,6H2,(H,14,15)(H,12,16,17)/p-1/t8-/m1/s1. The number of carbonyl (C=O) groups excluding carboxylic acids is 2. The van der Waals surface area contributed by atoms with Crippen LogP contribution in [0.2, 0.25) is 0 Å². The molecule has 5 nitrogen and oxygen atoms in total. The number of nitrogens with zero attached hydrogens (tertiary/aromatic N) is 1. The van der Waals surface area contributed by atoms with Crippen molar-refractivity contribution in [2.45, 2.75) is 12.5 Å². The van der Waals surface area contributed by atoms with E-state index in [0.29, 0.717) is 5.69 Å². The number of hydrogen-bond donors (Lipinski definition) is 1. The Morgan fingerprint density at radius 3 is 2.65 bits per heavy atom. The number of rotatable bonds is 3. The highest BCUT2D eigenvalue weighted by atomic mass is 32.1. The zero-order valence-electron chi connectivity index (χ0n) is 8.75. The van der Waals surface area contributed by atoms with Gasteiger partial charge in [-0.25, -0.2) is 0 Å². The SMILES string of the molecule is O=C([O-])C[C@@H]1C(=O)NC(=S)N1c1ccccc1. The van der Waals surface area contributed by atoms with Crippen molar-refractivity contribution in [3.8, 4) is 0 Å². The number of benzene rings is 1. The van der Waals surface area contributed by atoms with E-state index in [1.54, 1.807) is 24.3 Å². The quantitative estimate of drug-likeness (QED) is 0.725. The summed E-state index contributed by atoms with van der Waals surface area (Å²) >= 11 is 5.01. The number of anilines is 1. The van der Waals surface area contributed by atoms with Crippen molar-refractivity contribution in [1.82, 2.24) is 5.32 Å². The molecule has 0 radical (unpaired) electrons.